The molecule has 0 radical (unpaired) electrons. The van der Waals surface area contributed by atoms with E-state index in [1.165, 1.54) is 35.1 Å². The second-order valence-electron chi connectivity index (χ2n) is 8.25. The SMILES string of the molecule is CN(C)[C@@H]1CN(c2nc3c(cnn3-c3ccc(F)cc3)c(=O)[nH]2)C[C@H]1c1ccc(F)cc1. The first-order chi connectivity index (χ1) is 15.4. The quantitative estimate of drug-likeness (QED) is 0.533. The second-order valence-corrected chi connectivity index (χ2v) is 8.25. The Labute approximate surface area is 182 Å². The van der Waals surface area contributed by atoms with Crippen LogP contribution in [0.1, 0.15) is 11.5 Å². The molecular formula is C23H22F2N6O. The van der Waals surface area contributed by atoms with Crippen LogP contribution >= 0.6 is 0 Å². The summed E-state index contributed by atoms with van der Waals surface area (Å²) in [5.41, 5.74) is 1.77. The summed E-state index contributed by atoms with van der Waals surface area (Å²) in [6.07, 6.45) is 1.46. The van der Waals surface area contributed by atoms with E-state index >= 15 is 0 Å². The molecule has 0 bridgehead atoms. The number of benzene rings is 2. The van der Waals surface area contributed by atoms with Crippen LogP contribution < -0.4 is 10.5 Å². The maximum absolute atomic E-state index is 13.4. The fourth-order valence-corrected chi connectivity index (χ4v) is 4.35. The van der Waals surface area contributed by atoms with E-state index in [0.29, 0.717) is 35.8 Å². The minimum absolute atomic E-state index is 0.119. The molecule has 2 aromatic heterocycles. The Morgan fingerprint density at radius 1 is 1.00 bits per heavy atom. The fraction of sp³-hybridized carbons (Fsp3) is 0.261. The summed E-state index contributed by atoms with van der Waals surface area (Å²) >= 11 is 0. The zero-order valence-corrected chi connectivity index (χ0v) is 17.7. The van der Waals surface area contributed by atoms with Crippen molar-refractivity contribution >= 4 is 17.0 Å². The number of rotatable bonds is 4. The highest BCUT2D eigenvalue weighted by atomic mass is 19.1. The summed E-state index contributed by atoms with van der Waals surface area (Å²) in [6, 6.07) is 12.6. The first-order valence-corrected chi connectivity index (χ1v) is 10.3. The molecule has 4 aromatic rings. The third kappa shape index (κ3) is 3.54. The van der Waals surface area contributed by atoms with Crippen LogP contribution in [0.2, 0.25) is 0 Å². The van der Waals surface area contributed by atoms with Gasteiger partial charge in [0.1, 0.15) is 17.0 Å². The third-order valence-corrected chi connectivity index (χ3v) is 6.05. The molecular weight excluding hydrogens is 414 g/mol. The number of likely N-dealkylation sites (N-methyl/N-ethyl adjacent to an activating group) is 1. The molecule has 2 aromatic carbocycles. The van der Waals surface area contributed by atoms with Gasteiger partial charge in [0.05, 0.1) is 11.9 Å². The molecule has 0 spiro atoms. The van der Waals surface area contributed by atoms with Gasteiger partial charge >= 0.3 is 0 Å². The van der Waals surface area contributed by atoms with Crippen LogP contribution in [0, 0.1) is 11.6 Å². The molecule has 32 heavy (non-hydrogen) atoms. The number of nitrogens with one attached hydrogen (secondary N) is 1. The Morgan fingerprint density at radius 2 is 1.66 bits per heavy atom. The van der Waals surface area contributed by atoms with Crippen LogP contribution in [-0.4, -0.2) is 57.9 Å². The van der Waals surface area contributed by atoms with E-state index in [1.807, 2.05) is 31.1 Å². The maximum Gasteiger partial charge on any atom is 0.263 e. The summed E-state index contributed by atoms with van der Waals surface area (Å²) in [6.45, 7) is 1.27. The summed E-state index contributed by atoms with van der Waals surface area (Å²) in [5, 5.41) is 4.65. The molecule has 1 fully saturated rings. The van der Waals surface area contributed by atoms with Crippen molar-refractivity contribution in [2.24, 2.45) is 0 Å². The van der Waals surface area contributed by atoms with Crippen LogP contribution in [0.3, 0.4) is 0 Å². The number of H-pyrrole nitrogens is 1. The van der Waals surface area contributed by atoms with Crippen LogP contribution in [0.4, 0.5) is 14.7 Å². The van der Waals surface area contributed by atoms with E-state index in [2.05, 4.69) is 15.0 Å². The van der Waals surface area contributed by atoms with E-state index < -0.39 is 0 Å². The summed E-state index contributed by atoms with van der Waals surface area (Å²) in [7, 11) is 4.02. The Balaban J connectivity index is 1.54. The van der Waals surface area contributed by atoms with Gasteiger partial charge in [-0.3, -0.25) is 9.78 Å². The van der Waals surface area contributed by atoms with E-state index in [1.54, 1.807) is 12.1 Å². The van der Waals surface area contributed by atoms with Crippen molar-refractivity contribution in [3.63, 3.8) is 0 Å². The van der Waals surface area contributed by atoms with Gasteiger partial charge in [-0.25, -0.2) is 13.5 Å². The number of halogens is 2. The topological polar surface area (TPSA) is 70.1 Å². The van der Waals surface area contributed by atoms with Crippen molar-refractivity contribution in [1.82, 2.24) is 24.6 Å². The number of anilines is 1. The van der Waals surface area contributed by atoms with Crippen LogP contribution in [0.25, 0.3) is 16.7 Å². The molecule has 9 heteroatoms. The number of fused-ring (bicyclic) bond motifs is 1. The molecule has 5 rings (SSSR count). The van der Waals surface area contributed by atoms with Crippen molar-refractivity contribution in [3.05, 3.63) is 82.3 Å². The molecule has 0 amide bonds. The molecule has 164 valence electrons. The number of aromatic nitrogens is 4. The lowest BCUT2D eigenvalue weighted by molar-refractivity contribution is 0.292. The Hall–Kier alpha value is -3.59. The molecule has 0 aliphatic carbocycles. The smallest absolute Gasteiger partial charge is 0.263 e. The maximum atomic E-state index is 13.4. The lowest BCUT2D eigenvalue weighted by Gasteiger charge is -2.25. The third-order valence-electron chi connectivity index (χ3n) is 6.05. The standard InChI is InChI=1S/C23H22F2N6O/c1-29(2)20-13-30(12-19(20)14-3-5-15(24)6-4-14)23-27-21-18(22(32)28-23)11-26-31(21)17-9-7-16(25)8-10-17/h3-11,19-20H,12-13H2,1-2H3,(H,27,28,32)/t19-,20+/m0/s1. The van der Waals surface area contributed by atoms with Gasteiger partial charge in [-0.1, -0.05) is 12.1 Å². The molecule has 1 N–H and O–H groups in total. The van der Waals surface area contributed by atoms with E-state index in [-0.39, 0.29) is 29.2 Å². The minimum atomic E-state index is -0.352. The molecule has 1 aliphatic rings. The predicted molar refractivity (Wildman–Crippen MR) is 118 cm³/mol. The van der Waals surface area contributed by atoms with Gasteiger partial charge in [0.25, 0.3) is 5.56 Å². The molecule has 7 nitrogen and oxygen atoms in total. The highest BCUT2D eigenvalue weighted by Crippen LogP contribution is 2.32. The number of aromatic amines is 1. The van der Waals surface area contributed by atoms with Gasteiger partial charge in [0, 0.05) is 25.0 Å². The van der Waals surface area contributed by atoms with Crippen LogP contribution in [-0.2, 0) is 0 Å². The monoisotopic (exact) mass is 436 g/mol. The molecule has 3 heterocycles. The van der Waals surface area contributed by atoms with Crippen LogP contribution in [0.15, 0.2) is 59.5 Å². The lowest BCUT2D eigenvalue weighted by Crippen LogP contribution is -2.35. The van der Waals surface area contributed by atoms with Gasteiger partial charge < -0.3 is 9.80 Å². The zero-order valence-electron chi connectivity index (χ0n) is 17.7. The summed E-state index contributed by atoms with van der Waals surface area (Å²) in [4.78, 5) is 24.5. The highest BCUT2D eigenvalue weighted by molar-refractivity contribution is 5.76. The highest BCUT2D eigenvalue weighted by Gasteiger charge is 2.36. The van der Waals surface area contributed by atoms with Crippen molar-refractivity contribution < 1.29 is 8.78 Å². The van der Waals surface area contributed by atoms with E-state index in [4.69, 9.17) is 4.98 Å². The Bertz CT molecular complexity index is 1310. The number of hydrogen-bond acceptors (Lipinski definition) is 5. The van der Waals surface area contributed by atoms with Crippen molar-refractivity contribution in [3.8, 4) is 5.69 Å². The van der Waals surface area contributed by atoms with Gasteiger partial charge in [-0.15, -0.1) is 0 Å². The van der Waals surface area contributed by atoms with Gasteiger partial charge in [-0.05, 0) is 56.1 Å². The summed E-state index contributed by atoms with van der Waals surface area (Å²) in [5.74, 6) is -0.0534. The van der Waals surface area contributed by atoms with Crippen molar-refractivity contribution in [2.75, 3.05) is 32.1 Å². The van der Waals surface area contributed by atoms with Gasteiger partial charge in [0.15, 0.2) is 5.65 Å². The first-order valence-electron chi connectivity index (χ1n) is 10.3. The minimum Gasteiger partial charge on any atom is -0.340 e. The zero-order chi connectivity index (χ0) is 22.4. The Kier molecular flexibility index (Phi) is 4.97. The first kappa shape index (κ1) is 20.3. The molecule has 1 saturated heterocycles. The van der Waals surface area contributed by atoms with Crippen LogP contribution in [0.5, 0.6) is 0 Å². The second kappa shape index (κ2) is 7.83. The molecule has 0 unspecified atom stereocenters. The number of nitrogens with zero attached hydrogens (tertiary/aromatic N) is 5. The lowest BCUT2D eigenvalue weighted by atomic mass is 9.94. The fourth-order valence-electron chi connectivity index (χ4n) is 4.35. The average Bonchev–Trinajstić information content (AvgIpc) is 3.40. The van der Waals surface area contributed by atoms with Crippen molar-refractivity contribution in [2.45, 2.75) is 12.0 Å². The largest absolute Gasteiger partial charge is 0.340 e. The summed E-state index contributed by atoms with van der Waals surface area (Å²) < 4.78 is 28.3. The molecule has 1 aliphatic heterocycles. The van der Waals surface area contributed by atoms with E-state index in [9.17, 15) is 13.6 Å². The van der Waals surface area contributed by atoms with E-state index in [0.717, 1.165) is 5.56 Å². The Morgan fingerprint density at radius 3 is 2.31 bits per heavy atom. The predicted octanol–water partition coefficient (Wildman–Crippen LogP) is 2.92. The molecule has 0 saturated carbocycles. The van der Waals surface area contributed by atoms with Gasteiger partial charge in [0.2, 0.25) is 5.95 Å². The average molecular weight is 436 g/mol. The number of hydrogen-bond donors (Lipinski definition) is 1. The molecule has 2 atom stereocenters. The normalized spacial score (nSPS) is 18.7. The van der Waals surface area contributed by atoms with Gasteiger partial charge in [-0.2, -0.15) is 10.1 Å². The van der Waals surface area contributed by atoms with Crippen molar-refractivity contribution in [1.29, 1.82) is 0 Å².